The molecule has 0 bridgehead atoms. The first-order valence-electron chi connectivity index (χ1n) is 5.34. The van der Waals surface area contributed by atoms with Crippen LogP contribution >= 0.6 is 0 Å². The van der Waals surface area contributed by atoms with Gasteiger partial charge in [-0.3, -0.25) is 4.79 Å². The SMILES string of the molecule is C=CC(C)C1CC(CC)CCC1=O. The minimum Gasteiger partial charge on any atom is -0.299 e. The van der Waals surface area contributed by atoms with Crippen LogP contribution in [0.5, 0.6) is 0 Å². The molecule has 0 aromatic carbocycles. The van der Waals surface area contributed by atoms with Gasteiger partial charge in [0.15, 0.2) is 0 Å². The first-order valence-corrected chi connectivity index (χ1v) is 5.34. The summed E-state index contributed by atoms with van der Waals surface area (Å²) in [5.74, 6) is 1.85. The Bertz CT molecular complexity index is 195. The van der Waals surface area contributed by atoms with Crippen LogP contribution in [0.25, 0.3) is 0 Å². The molecule has 13 heavy (non-hydrogen) atoms. The Labute approximate surface area is 81.2 Å². The van der Waals surface area contributed by atoms with Gasteiger partial charge in [-0.2, -0.15) is 0 Å². The Morgan fingerprint density at radius 2 is 2.38 bits per heavy atom. The predicted molar refractivity (Wildman–Crippen MR) is 55.5 cm³/mol. The van der Waals surface area contributed by atoms with E-state index in [0.29, 0.717) is 11.7 Å². The minimum atomic E-state index is 0.260. The molecule has 1 saturated carbocycles. The molecule has 1 fully saturated rings. The maximum atomic E-state index is 11.6. The molecule has 0 saturated heterocycles. The summed E-state index contributed by atoms with van der Waals surface area (Å²) < 4.78 is 0. The van der Waals surface area contributed by atoms with E-state index >= 15 is 0 Å². The molecule has 0 aliphatic heterocycles. The number of ketones is 1. The zero-order valence-electron chi connectivity index (χ0n) is 8.75. The Kier molecular flexibility index (Phi) is 3.71. The zero-order chi connectivity index (χ0) is 9.84. The predicted octanol–water partition coefficient (Wildman–Crippen LogP) is 3.20. The first-order chi connectivity index (χ1) is 6.19. The van der Waals surface area contributed by atoms with E-state index in [0.717, 1.165) is 25.2 Å². The van der Waals surface area contributed by atoms with E-state index < -0.39 is 0 Å². The molecule has 74 valence electrons. The number of hydrogen-bond donors (Lipinski definition) is 0. The molecule has 0 heterocycles. The van der Waals surface area contributed by atoms with Crippen LogP contribution in [-0.4, -0.2) is 5.78 Å². The van der Waals surface area contributed by atoms with Gasteiger partial charge in [0.1, 0.15) is 5.78 Å². The van der Waals surface area contributed by atoms with Crippen LogP contribution in [0.2, 0.25) is 0 Å². The van der Waals surface area contributed by atoms with Gasteiger partial charge in [0.25, 0.3) is 0 Å². The maximum absolute atomic E-state index is 11.6. The largest absolute Gasteiger partial charge is 0.299 e. The molecule has 0 aromatic rings. The van der Waals surface area contributed by atoms with Crippen LogP contribution in [0.3, 0.4) is 0 Å². The molecule has 1 aliphatic carbocycles. The molecule has 1 nitrogen and oxygen atoms in total. The van der Waals surface area contributed by atoms with Crippen LogP contribution in [0.4, 0.5) is 0 Å². The summed E-state index contributed by atoms with van der Waals surface area (Å²) in [4.78, 5) is 11.6. The Morgan fingerprint density at radius 1 is 1.69 bits per heavy atom. The van der Waals surface area contributed by atoms with Crippen molar-refractivity contribution >= 4 is 5.78 Å². The lowest BCUT2D eigenvalue weighted by Crippen LogP contribution is -2.28. The molecule has 0 N–H and O–H groups in total. The number of Topliss-reactive ketones (excluding diaryl/α,β-unsaturated/α-hetero) is 1. The normalized spacial score (nSPS) is 31.4. The fourth-order valence-corrected chi connectivity index (χ4v) is 2.18. The lowest BCUT2D eigenvalue weighted by atomic mass is 9.74. The van der Waals surface area contributed by atoms with Gasteiger partial charge >= 0.3 is 0 Å². The summed E-state index contributed by atoms with van der Waals surface area (Å²) in [5.41, 5.74) is 0. The molecular weight excluding hydrogens is 160 g/mol. The molecule has 3 unspecified atom stereocenters. The van der Waals surface area contributed by atoms with Crippen molar-refractivity contribution in [3.05, 3.63) is 12.7 Å². The second kappa shape index (κ2) is 4.59. The molecular formula is C12H20O. The maximum Gasteiger partial charge on any atom is 0.136 e. The van der Waals surface area contributed by atoms with Crippen molar-refractivity contribution in [1.82, 2.24) is 0 Å². The first kappa shape index (κ1) is 10.5. The Balaban J connectivity index is 2.59. The van der Waals surface area contributed by atoms with Crippen molar-refractivity contribution < 1.29 is 4.79 Å². The van der Waals surface area contributed by atoms with E-state index in [2.05, 4.69) is 20.4 Å². The van der Waals surface area contributed by atoms with Gasteiger partial charge in [-0.1, -0.05) is 26.3 Å². The molecule has 1 rings (SSSR count). The van der Waals surface area contributed by atoms with Crippen LogP contribution in [0.15, 0.2) is 12.7 Å². The standard InChI is InChI=1S/C12H20O/c1-4-9(3)11-8-10(5-2)6-7-12(11)13/h4,9-11H,1,5-8H2,2-3H3. The zero-order valence-corrected chi connectivity index (χ0v) is 8.75. The highest BCUT2D eigenvalue weighted by Gasteiger charge is 2.30. The van der Waals surface area contributed by atoms with Gasteiger partial charge in [0.05, 0.1) is 0 Å². The number of carbonyl (C=O) groups is 1. The van der Waals surface area contributed by atoms with Gasteiger partial charge in [-0.05, 0) is 24.7 Å². The van der Waals surface area contributed by atoms with E-state index in [-0.39, 0.29) is 5.92 Å². The second-order valence-electron chi connectivity index (χ2n) is 4.22. The van der Waals surface area contributed by atoms with Gasteiger partial charge in [0.2, 0.25) is 0 Å². The van der Waals surface area contributed by atoms with Crippen LogP contribution in [0, 0.1) is 17.8 Å². The summed E-state index contributed by atoms with van der Waals surface area (Å²) in [7, 11) is 0. The number of carbonyl (C=O) groups excluding carboxylic acids is 1. The molecule has 0 aromatic heterocycles. The minimum absolute atomic E-state index is 0.260. The molecule has 0 amide bonds. The number of rotatable bonds is 3. The van der Waals surface area contributed by atoms with Crippen molar-refractivity contribution in [2.45, 2.75) is 39.5 Å². The van der Waals surface area contributed by atoms with Crippen molar-refractivity contribution in [3.8, 4) is 0 Å². The summed E-state index contributed by atoms with van der Waals surface area (Å²) in [6.45, 7) is 8.09. The highest BCUT2D eigenvalue weighted by molar-refractivity contribution is 5.82. The van der Waals surface area contributed by atoms with Crippen LogP contribution < -0.4 is 0 Å². The van der Waals surface area contributed by atoms with Gasteiger partial charge in [-0.25, -0.2) is 0 Å². The fraction of sp³-hybridized carbons (Fsp3) is 0.750. The van der Waals surface area contributed by atoms with Crippen molar-refractivity contribution in [2.24, 2.45) is 17.8 Å². The summed E-state index contributed by atoms with van der Waals surface area (Å²) >= 11 is 0. The van der Waals surface area contributed by atoms with Crippen LogP contribution in [0.1, 0.15) is 39.5 Å². The lowest BCUT2D eigenvalue weighted by Gasteiger charge is -2.30. The van der Waals surface area contributed by atoms with Gasteiger partial charge in [0, 0.05) is 12.3 Å². The molecule has 1 heteroatoms. The average molecular weight is 180 g/mol. The third-order valence-electron chi connectivity index (χ3n) is 3.38. The quantitative estimate of drug-likeness (QED) is 0.609. The van der Waals surface area contributed by atoms with Gasteiger partial charge in [-0.15, -0.1) is 6.58 Å². The van der Waals surface area contributed by atoms with E-state index in [1.54, 1.807) is 0 Å². The Morgan fingerprint density at radius 3 is 2.92 bits per heavy atom. The van der Waals surface area contributed by atoms with Crippen molar-refractivity contribution in [2.75, 3.05) is 0 Å². The van der Waals surface area contributed by atoms with Gasteiger partial charge < -0.3 is 0 Å². The van der Waals surface area contributed by atoms with E-state index in [9.17, 15) is 4.79 Å². The molecule has 1 aliphatic rings. The van der Waals surface area contributed by atoms with Crippen LogP contribution in [-0.2, 0) is 4.79 Å². The molecule has 0 radical (unpaired) electrons. The fourth-order valence-electron chi connectivity index (χ4n) is 2.18. The van der Waals surface area contributed by atoms with E-state index in [1.807, 2.05) is 6.08 Å². The number of hydrogen-bond acceptors (Lipinski definition) is 1. The molecule has 0 spiro atoms. The molecule has 3 atom stereocenters. The summed E-state index contributed by atoms with van der Waals surface area (Å²) in [6.07, 6.45) is 6.12. The smallest absolute Gasteiger partial charge is 0.136 e. The topological polar surface area (TPSA) is 17.1 Å². The second-order valence-corrected chi connectivity index (χ2v) is 4.22. The monoisotopic (exact) mass is 180 g/mol. The third kappa shape index (κ3) is 2.43. The highest BCUT2D eigenvalue weighted by Crippen LogP contribution is 2.33. The summed E-state index contributed by atoms with van der Waals surface area (Å²) in [5, 5.41) is 0. The van der Waals surface area contributed by atoms with E-state index in [1.165, 1.54) is 6.42 Å². The van der Waals surface area contributed by atoms with E-state index in [4.69, 9.17) is 0 Å². The summed E-state index contributed by atoms with van der Waals surface area (Å²) in [6, 6.07) is 0. The highest BCUT2D eigenvalue weighted by atomic mass is 16.1. The van der Waals surface area contributed by atoms with Crippen molar-refractivity contribution in [3.63, 3.8) is 0 Å². The Hall–Kier alpha value is -0.590. The number of allylic oxidation sites excluding steroid dienone is 1. The average Bonchev–Trinajstić information content (AvgIpc) is 2.17. The van der Waals surface area contributed by atoms with Crippen molar-refractivity contribution in [1.29, 1.82) is 0 Å². The third-order valence-corrected chi connectivity index (χ3v) is 3.38. The lowest BCUT2D eigenvalue weighted by molar-refractivity contribution is -0.126.